The summed E-state index contributed by atoms with van der Waals surface area (Å²) in [6, 6.07) is 14.0. The first-order valence-electron chi connectivity index (χ1n) is 9.14. The maximum atomic E-state index is 12.9. The lowest BCUT2D eigenvalue weighted by Crippen LogP contribution is -2.30. The van der Waals surface area contributed by atoms with E-state index in [2.05, 4.69) is 0 Å². The van der Waals surface area contributed by atoms with Crippen molar-refractivity contribution in [3.8, 4) is 5.75 Å². The lowest BCUT2D eigenvalue weighted by molar-refractivity contribution is -0.484. The Labute approximate surface area is 165 Å². The van der Waals surface area contributed by atoms with Crippen molar-refractivity contribution in [2.45, 2.75) is 24.2 Å². The number of benzene rings is 2. The van der Waals surface area contributed by atoms with E-state index >= 15 is 0 Å². The van der Waals surface area contributed by atoms with Crippen molar-refractivity contribution < 1.29 is 18.1 Å². The first kappa shape index (κ1) is 20.3. The zero-order valence-corrected chi connectivity index (χ0v) is 16.8. The summed E-state index contributed by atoms with van der Waals surface area (Å²) in [5, 5.41) is 11.3. The van der Waals surface area contributed by atoms with E-state index in [4.69, 9.17) is 4.74 Å². The van der Waals surface area contributed by atoms with Gasteiger partial charge in [0.25, 0.3) is 0 Å². The van der Waals surface area contributed by atoms with Crippen LogP contribution in [0.5, 0.6) is 5.75 Å². The SMILES string of the molecule is COc1cccc([C@H](C[N+](=O)[O-])[C@@H]2CCN(S(=O)(=O)c3ccc(C)cc3)C2)c1. The van der Waals surface area contributed by atoms with E-state index in [1.807, 2.05) is 13.0 Å². The topological polar surface area (TPSA) is 89.8 Å². The monoisotopic (exact) mass is 404 g/mol. The van der Waals surface area contributed by atoms with Gasteiger partial charge in [-0.05, 0) is 49.1 Å². The van der Waals surface area contributed by atoms with Gasteiger partial charge in [0.1, 0.15) is 5.75 Å². The quantitative estimate of drug-likeness (QED) is 0.523. The zero-order valence-electron chi connectivity index (χ0n) is 15.9. The fourth-order valence-corrected chi connectivity index (χ4v) is 5.23. The first-order valence-corrected chi connectivity index (χ1v) is 10.6. The van der Waals surface area contributed by atoms with Crippen LogP contribution in [0.2, 0.25) is 0 Å². The fraction of sp³-hybridized carbons (Fsp3) is 0.400. The maximum Gasteiger partial charge on any atom is 0.243 e. The van der Waals surface area contributed by atoms with Gasteiger partial charge in [0.05, 0.1) is 17.9 Å². The molecule has 2 atom stereocenters. The molecule has 0 unspecified atom stereocenters. The van der Waals surface area contributed by atoms with E-state index in [0.29, 0.717) is 18.7 Å². The average molecular weight is 404 g/mol. The van der Waals surface area contributed by atoms with Crippen LogP contribution in [0.4, 0.5) is 0 Å². The van der Waals surface area contributed by atoms with E-state index in [0.717, 1.165) is 11.1 Å². The van der Waals surface area contributed by atoms with Crippen LogP contribution >= 0.6 is 0 Å². The molecule has 150 valence electrons. The van der Waals surface area contributed by atoms with E-state index in [1.54, 1.807) is 49.6 Å². The lowest BCUT2D eigenvalue weighted by atomic mass is 9.85. The molecule has 0 bridgehead atoms. The van der Waals surface area contributed by atoms with Crippen LogP contribution in [-0.2, 0) is 10.0 Å². The number of aryl methyl sites for hydroxylation is 1. The van der Waals surface area contributed by atoms with Crippen LogP contribution in [0.15, 0.2) is 53.4 Å². The highest BCUT2D eigenvalue weighted by molar-refractivity contribution is 7.89. The predicted molar refractivity (Wildman–Crippen MR) is 106 cm³/mol. The molecule has 1 heterocycles. The summed E-state index contributed by atoms with van der Waals surface area (Å²) in [6.45, 7) is 2.29. The Morgan fingerprint density at radius 3 is 2.61 bits per heavy atom. The lowest BCUT2D eigenvalue weighted by Gasteiger charge is -2.22. The second-order valence-corrected chi connectivity index (χ2v) is 9.06. The molecule has 3 rings (SSSR count). The van der Waals surface area contributed by atoms with Gasteiger partial charge in [-0.3, -0.25) is 10.1 Å². The molecule has 0 aliphatic carbocycles. The molecule has 7 nitrogen and oxygen atoms in total. The molecule has 0 amide bonds. The van der Waals surface area contributed by atoms with Crippen LogP contribution in [0.1, 0.15) is 23.5 Å². The largest absolute Gasteiger partial charge is 0.497 e. The van der Waals surface area contributed by atoms with Crippen LogP contribution in [0.25, 0.3) is 0 Å². The Kier molecular flexibility index (Phi) is 6.00. The third-order valence-corrected chi connectivity index (χ3v) is 7.16. The van der Waals surface area contributed by atoms with Crippen LogP contribution in [0.3, 0.4) is 0 Å². The molecule has 0 radical (unpaired) electrons. The molecule has 1 aliphatic heterocycles. The first-order chi connectivity index (χ1) is 13.3. The highest BCUT2D eigenvalue weighted by Crippen LogP contribution is 2.35. The van der Waals surface area contributed by atoms with Gasteiger partial charge in [0.15, 0.2) is 0 Å². The number of hydrogen-bond donors (Lipinski definition) is 0. The summed E-state index contributed by atoms with van der Waals surface area (Å²) in [7, 11) is -2.06. The Bertz CT molecular complexity index is 943. The Morgan fingerprint density at radius 1 is 1.25 bits per heavy atom. The average Bonchev–Trinajstić information content (AvgIpc) is 3.17. The molecule has 0 saturated carbocycles. The second-order valence-electron chi connectivity index (χ2n) is 7.12. The molecule has 28 heavy (non-hydrogen) atoms. The summed E-state index contributed by atoms with van der Waals surface area (Å²) in [5.41, 5.74) is 1.79. The molecule has 0 spiro atoms. The van der Waals surface area contributed by atoms with Crippen molar-refractivity contribution in [2.24, 2.45) is 5.92 Å². The molecule has 2 aromatic rings. The number of rotatable bonds is 7. The Balaban J connectivity index is 1.84. The highest BCUT2D eigenvalue weighted by Gasteiger charge is 2.38. The standard InChI is InChI=1S/C20H24N2O5S/c1-15-6-8-19(9-7-15)28(25,26)21-11-10-17(13-21)20(14-22(23)24)16-4-3-5-18(12-16)27-2/h3-9,12,17,20H,10-11,13-14H2,1-2H3/t17-,20+/m1/s1. The predicted octanol–water partition coefficient (Wildman–Crippen LogP) is 3.07. The van der Waals surface area contributed by atoms with Gasteiger partial charge >= 0.3 is 0 Å². The van der Waals surface area contributed by atoms with Crippen LogP contribution in [0, 0.1) is 23.0 Å². The van der Waals surface area contributed by atoms with Gasteiger partial charge in [-0.1, -0.05) is 29.8 Å². The summed E-state index contributed by atoms with van der Waals surface area (Å²) < 4.78 is 32.6. The van der Waals surface area contributed by atoms with Gasteiger partial charge < -0.3 is 4.74 Å². The number of ether oxygens (including phenoxy) is 1. The van der Waals surface area contributed by atoms with E-state index in [1.165, 1.54) is 4.31 Å². The highest BCUT2D eigenvalue weighted by atomic mass is 32.2. The van der Waals surface area contributed by atoms with E-state index in [-0.39, 0.29) is 34.7 Å². The number of nitro groups is 1. The van der Waals surface area contributed by atoms with Gasteiger partial charge in [0.2, 0.25) is 16.6 Å². The molecular formula is C20H24N2O5S. The van der Waals surface area contributed by atoms with Gasteiger partial charge in [0, 0.05) is 18.0 Å². The third kappa shape index (κ3) is 4.34. The van der Waals surface area contributed by atoms with Gasteiger partial charge in [-0.25, -0.2) is 8.42 Å². The minimum absolute atomic E-state index is 0.127. The molecule has 8 heteroatoms. The molecule has 0 N–H and O–H groups in total. The van der Waals surface area contributed by atoms with Crippen molar-refractivity contribution in [1.29, 1.82) is 0 Å². The zero-order chi connectivity index (χ0) is 20.3. The van der Waals surface area contributed by atoms with Crippen molar-refractivity contribution in [3.63, 3.8) is 0 Å². The molecule has 0 aromatic heterocycles. The van der Waals surface area contributed by atoms with Crippen LogP contribution in [-0.4, -0.2) is 44.4 Å². The molecule has 1 saturated heterocycles. The molecule has 1 fully saturated rings. The van der Waals surface area contributed by atoms with E-state index < -0.39 is 10.0 Å². The summed E-state index contributed by atoms with van der Waals surface area (Å²) in [6.07, 6.45) is 0.584. The number of sulfonamides is 1. The number of methoxy groups -OCH3 is 1. The van der Waals surface area contributed by atoms with Crippen molar-refractivity contribution >= 4 is 10.0 Å². The second kappa shape index (κ2) is 8.28. The molecule has 1 aliphatic rings. The van der Waals surface area contributed by atoms with Crippen LogP contribution < -0.4 is 4.74 Å². The third-order valence-electron chi connectivity index (χ3n) is 5.28. The molecular weight excluding hydrogens is 380 g/mol. The van der Waals surface area contributed by atoms with Crippen molar-refractivity contribution in [3.05, 3.63) is 69.8 Å². The Morgan fingerprint density at radius 2 is 1.96 bits per heavy atom. The smallest absolute Gasteiger partial charge is 0.243 e. The van der Waals surface area contributed by atoms with E-state index in [9.17, 15) is 18.5 Å². The summed E-state index contributed by atoms with van der Waals surface area (Å²) in [4.78, 5) is 11.2. The maximum absolute atomic E-state index is 12.9. The van der Waals surface area contributed by atoms with Gasteiger partial charge in [-0.2, -0.15) is 4.31 Å². The van der Waals surface area contributed by atoms with Gasteiger partial charge in [-0.15, -0.1) is 0 Å². The molecule has 2 aromatic carbocycles. The number of hydrogen-bond acceptors (Lipinski definition) is 5. The number of nitrogens with zero attached hydrogens (tertiary/aromatic N) is 2. The Hall–Kier alpha value is -2.45. The minimum Gasteiger partial charge on any atom is -0.497 e. The fourth-order valence-electron chi connectivity index (χ4n) is 3.72. The summed E-state index contributed by atoms with van der Waals surface area (Å²) >= 11 is 0. The van der Waals surface area contributed by atoms with Crippen molar-refractivity contribution in [2.75, 3.05) is 26.7 Å². The van der Waals surface area contributed by atoms with Crippen molar-refractivity contribution in [1.82, 2.24) is 4.31 Å². The summed E-state index contributed by atoms with van der Waals surface area (Å²) in [5.74, 6) is 0.133. The normalized spacial score (nSPS) is 18.7. The minimum atomic E-state index is -3.61.